The number of fused-ring (bicyclic) bond motifs is 2. The van der Waals surface area contributed by atoms with Crippen LogP contribution in [0.5, 0.6) is 0 Å². The third kappa shape index (κ3) is 1.36. The van der Waals surface area contributed by atoms with Crippen molar-refractivity contribution in [1.82, 2.24) is 9.55 Å². The molecular formula is C12H8N2O3. The molecule has 0 N–H and O–H groups in total. The molecule has 0 fully saturated rings. The van der Waals surface area contributed by atoms with Crippen LogP contribution in [0.2, 0.25) is 0 Å². The third-order valence-corrected chi connectivity index (χ3v) is 2.68. The summed E-state index contributed by atoms with van der Waals surface area (Å²) in [5.41, 5.74) is 0.378. The summed E-state index contributed by atoms with van der Waals surface area (Å²) in [5.74, 6) is -0.703. The number of benzene rings is 1. The lowest BCUT2D eigenvalue weighted by Crippen LogP contribution is -2.29. The number of hydrogen-bond donors (Lipinski definition) is 0. The minimum Gasteiger partial charge on any atom is -0.390 e. The highest BCUT2D eigenvalue weighted by Gasteiger charge is 2.08. The molecule has 2 aromatic heterocycles. The van der Waals surface area contributed by atoms with Gasteiger partial charge in [-0.15, -0.1) is 0 Å². The van der Waals surface area contributed by atoms with E-state index >= 15 is 0 Å². The number of nitrogens with zero attached hydrogens (tertiary/aromatic N) is 2. The van der Waals surface area contributed by atoms with Crippen molar-refractivity contribution < 1.29 is 4.42 Å². The van der Waals surface area contributed by atoms with Gasteiger partial charge in [-0.2, -0.15) is 0 Å². The molecule has 17 heavy (non-hydrogen) atoms. The lowest BCUT2D eigenvalue weighted by molar-refractivity contribution is 0.477. The molecule has 5 heteroatoms. The van der Waals surface area contributed by atoms with Gasteiger partial charge in [-0.05, 0) is 12.1 Å². The number of para-hydroxylation sites is 1. The van der Waals surface area contributed by atoms with E-state index in [0.717, 1.165) is 9.95 Å². The van der Waals surface area contributed by atoms with Crippen LogP contribution >= 0.6 is 0 Å². The highest BCUT2D eigenvalue weighted by atomic mass is 16.4. The van der Waals surface area contributed by atoms with Gasteiger partial charge in [0.05, 0.1) is 5.52 Å². The Morgan fingerprint density at radius 2 is 2.00 bits per heavy atom. The van der Waals surface area contributed by atoms with E-state index < -0.39 is 11.3 Å². The lowest BCUT2D eigenvalue weighted by Gasteiger charge is -2.00. The molecule has 0 aliphatic rings. The fourth-order valence-corrected chi connectivity index (χ4v) is 1.74. The number of pyridine rings is 1. The molecule has 2 heterocycles. The van der Waals surface area contributed by atoms with Gasteiger partial charge in [0.15, 0.2) is 0 Å². The van der Waals surface area contributed by atoms with Gasteiger partial charge in [0.25, 0.3) is 5.56 Å². The zero-order chi connectivity index (χ0) is 12.0. The SMILES string of the molecule is Cn1c(=O)oc2nc3ccccc3cc2c1=O. The van der Waals surface area contributed by atoms with Crippen molar-refractivity contribution in [2.24, 2.45) is 7.05 Å². The maximum atomic E-state index is 11.9. The minimum atomic E-state index is -0.703. The lowest BCUT2D eigenvalue weighted by atomic mass is 10.2. The summed E-state index contributed by atoms with van der Waals surface area (Å²) >= 11 is 0. The summed E-state index contributed by atoms with van der Waals surface area (Å²) in [6, 6.07) is 9.03. The molecule has 0 aliphatic heterocycles. The van der Waals surface area contributed by atoms with E-state index in [4.69, 9.17) is 4.42 Å². The van der Waals surface area contributed by atoms with E-state index in [1.807, 2.05) is 18.2 Å². The van der Waals surface area contributed by atoms with Crippen LogP contribution in [-0.2, 0) is 7.05 Å². The topological polar surface area (TPSA) is 65.1 Å². The second-order valence-corrected chi connectivity index (χ2v) is 3.77. The van der Waals surface area contributed by atoms with Crippen LogP contribution in [0.25, 0.3) is 22.0 Å². The summed E-state index contributed by atoms with van der Waals surface area (Å²) in [4.78, 5) is 27.4. The Balaban J connectivity index is 2.62. The normalized spacial score (nSPS) is 11.1. The average Bonchev–Trinajstić information content (AvgIpc) is 2.34. The molecule has 3 aromatic rings. The predicted molar refractivity (Wildman–Crippen MR) is 63.0 cm³/mol. The van der Waals surface area contributed by atoms with Crippen molar-refractivity contribution in [1.29, 1.82) is 0 Å². The van der Waals surface area contributed by atoms with Crippen LogP contribution in [-0.4, -0.2) is 9.55 Å². The molecule has 0 atom stereocenters. The van der Waals surface area contributed by atoms with Gasteiger partial charge >= 0.3 is 5.76 Å². The van der Waals surface area contributed by atoms with Crippen LogP contribution in [0.1, 0.15) is 0 Å². The molecule has 0 saturated heterocycles. The van der Waals surface area contributed by atoms with Crippen molar-refractivity contribution in [3.05, 3.63) is 51.2 Å². The third-order valence-electron chi connectivity index (χ3n) is 2.68. The van der Waals surface area contributed by atoms with Crippen LogP contribution < -0.4 is 11.3 Å². The van der Waals surface area contributed by atoms with E-state index in [1.54, 1.807) is 12.1 Å². The summed E-state index contributed by atoms with van der Waals surface area (Å²) in [6.45, 7) is 0. The first-order valence-corrected chi connectivity index (χ1v) is 5.06. The van der Waals surface area contributed by atoms with E-state index in [2.05, 4.69) is 4.98 Å². The molecule has 0 spiro atoms. The maximum Gasteiger partial charge on any atom is 0.423 e. The quantitative estimate of drug-likeness (QED) is 0.539. The van der Waals surface area contributed by atoms with Crippen molar-refractivity contribution >= 4 is 22.0 Å². The highest BCUT2D eigenvalue weighted by Crippen LogP contribution is 2.15. The molecule has 0 bridgehead atoms. The van der Waals surface area contributed by atoms with Gasteiger partial charge in [0, 0.05) is 12.4 Å². The van der Waals surface area contributed by atoms with E-state index in [1.165, 1.54) is 7.05 Å². The fraction of sp³-hybridized carbons (Fsp3) is 0.0833. The summed E-state index contributed by atoms with van der Waals surface area (Å²) in [5, 5.41) is 1.15. The Hall–Kier alpha value is -2.43. The first-order chi connectivity index (χ1) is 8.16. The van der Waals surface area contributed by atoms with E-state index in [-0.39, 0.29) is 5.71 Å². The number of aromatic nitrogens is 2. The molecule has 1 aromatic carbocycles. The Kier molecular flexibility index (Phi) is 1.89. The fourth-order valence-electron chi connectivity index (χ4n) is 1.74. The second-order valence-electron chi connectivity index (χ2n) is 3.77. The van der Waals surface area contributed by atoms with Gasteiger partial charge in [0.2, 0.25) is 5.71 Å². The van der Waals surface area contributed by atoms with E-state index in [9.17, 15) is 9.59 Å². The average molecular weight is 228 g/mol. The van der Waals surface area contributed by atoms with Crippen LogP contribution in [0, 0.1) is 0 Å². The zero-order valence-corrected chi connectivity index (χ0v) is 9.01. The Labute approximate surface area is 94.9 Å². The monoisotopic (exact) mass is 228 g/mol. The maximum absolute atomic E-state index is 11.9. The molecule has 0 aliphatic carbocycles. The molecule has 5 nitrogen and oxygen atoms in total. The Morgan fingerprint density at radius 3 is 2.82 bits per heavy atom. The molecule has 84 valence electrons. The van der Waals surface area contributed by atoms with Gasteiger partial charge < -0.3 is 4.42 Å². The Morgan fingerprint density at radius 1 is 1.24 bits per heavy atom. The predicted octanol–water partition coefficient (Wildman–Crippen LogP) is 1.04. The van der Waals surface area contributed by atoms with Crippen molar-refractivity contribution in [2.75, 3.05) is 0 Å². The first kappa shape index (κ1) is 9.77. The van der Waals surface area contributed by atoms with Gasteiger partial charge in [-0.3, -0.25) is 4.79 Å². The van der Waals surface area contributed by atoms with Crippen molar-refractivity contribution in [2.45, 2.75) is 0 Å². The molecule has 0 saturated carbocycles. The molecule has 0 radical (unpaired) electrons. The smallest absolute Gasteiger partial charge is 0.390 e. The number of hydrogen-bond acceptors (Lipinski definition) is 4. The molecule has 0 unspecified atom stereocenters. The Bertz CT molecular complexity index is 846. The summed E-state index contributed by atoms with van der Waals surface area (Å²) in [7, 11) is 1.38. The summed E-state index contributed by atoms with van der Waals surface area (Å²) < 4.78 is 5.91. The standard InChI is InChI=1S/C12H8N2O3/c1-14-11(15)8-6-7-4-2-3-5-9(7)13-10(8)17-12(14)16/h2-6H,1H3. The van der Waals surface area contributed by atoms with Gasteiger partial charge in [-0.1, -0.05) is 18.2 Å². The minimum absolute atomic E-state index is 0.0804. The highest BCUT2D eigenvalue weighted by molar-refractivity contribution is 5.89. The van der Waals surface area contributed by atoms with Crippen LogP contribution in [0.4, 0.5) is 0 Å². The van der Waals surface area contributed by atoms with Crippen molar-refractivity contribution in [3.8, 4) is 0 Å². The summed E-state index contributed by atoms with van der Waals surface area (Å²) in [6.07, 6.45) is 0. The zero-order valence-electron chi connectivity index (χ0n) is 9.01. The van der Waals surface area contributed by atoms with Gasteiger partial charge in [-0.25, -0.2) is 14.3 Å². The first-order valence-electron chi connectivity index (χ1n) is 5.06. The molecular weight excluding hydrogens is 220 g/mol. The van der Waals surface area contributed by atoms with Crippen molar-refractivity contribution in [3.63, 3.8) is 0 Å². The van der Waals surface area contributed by atoms with Gasteiger partial charge in [0.1, 0.15) is 5.39 Å². The molecule has 0 amide bonds. The second kappa shape index (κ2) is 3.28. The number of rotatable bonds is 0. The van der Waals surface area contributed by atoms with Crippen LogP contribution in [0.15, 0.2) is 44.3 Å². The molecule has 3 rings (SSSR count). The van der Waals surface area contributed by atoms with E-state index in [0.29, 0.717) is 10.9 Å². The largest absolute Gasteiger partial charge is 0.423 e. The van der Waals surface area contributed by atoms with Crippen LogP contribution in [0.3, 0.4) is 0 Å².